The molecule has 0 fully saturated rings. The fourth-order valence-corrected chi connectivity index (χ4v) is 3.70. The number of aromatic nitrogens is 2. The van der Waals surface area contributed by atoms with E-state index in [9.17, 15) is 18.0 Å². The Morgan fingerprint density at radius 1 is 1.03 bits per heavy atom. The molecule has 4 aromatic rings. The average molecular weight is 411 g/mol. The van der Waals surface area contributed by atoms with Crippen LogP contribution in [0.25, 0.3) is 22.2 Å². The Kier molecular flexibility index (Phi) is 4.68. The van der Waals surface area contributed by atoms with E-state index in [1.54, 1.807) is 6.20 Å². The second kappa shape index (κ2) is 7.09. The molecule has 0 aliphatic carbocycles. The van der Waals surface area contributed by atoms with Crippen molar-refractivity contribution in [1.29, 1.82) is 0 Å². The number of nitrogens with two attached hydrogens (primary N) is 1. The van der Waals surface area contributed by atoms with Gasteiger partial charge in [-0.3, -0.25) is 4.79 Å². The molecule has 0 saturated heterocycles. The third kappa shape index (κ3) is 3.36. The number of anilines is 1. The molecule has 0 radical (unpaired) electrons. The molecule has 2 aromatic carbocycles. The maximum absolute atomic E-state index is 13.6. The van der Waals surface area contributed by atoms with Crippen molar-refractivity contribution >= 4 is 16.6 Å². The van der Waals surface area contributed by atoms with Gasteiger partial charge < -0.3 is 14.9 Å². The number of aryl methyl sites for hydroxylation is 2. The Labute approximate surface area is 171 Å². The first-order valence-corrected chi connectivity index (χ1v) is 9.37. The van der Waals surface area contributed by atoms with Gasteiger partial charge in [0, 0.05) is 29.7 Å². The van der Waals surface area contributed by atoms with E-state index < -0.39 is 23.0 Å². The van der Waals surface area contributed by atoms with Crippen molar-refractivity contribution in [1.82, 2.24) is 9.13 Å². The molecule has 0 saturated carbocycles. The van der Waals surface area contributed by atoms with E-state index in [1.165, 1.54) is 4.57 Å². The minimum Gasteiger partial charge on any atom is -0.394 e. The number of hydrogen-bond acceptors (Lipinski definition) is 2. The quantitative estimate of drug-likeness (QED) is 0.518. The van der Waals surface area contributed by atoms with Crippen molar-refractivity contribution in [2.75, 3.05) is 5.73 Å². The Morgan fingerprint density at radius 3 is 2.37 bits per heavy atom. The molecule has 0 aliphatic heterocycles. The van der Waals surface area contributed by atoms with Gasteiger partial charge in [-0.25, -0.2) is 0 Å². The molecule has 30 heavy (non-hydrogen) atoms. The van der Waals surface area contributed by atoms with Gasteiger partial charge >= 0.3 is 6.18 Å². The minimum atomic E-state index is -4.73. The highest BCUT2D eigenvalue weighted by Gasteiger charge is 2.36. The molecule has 0 atom stereocenters. The summed E-state index contributed by atoms with van der Waals surface area (Å²) in [4.78, 5) is 13.0. The standard InChI is InChI=1S/C23H20F3N3O/c1-14-7-9-15(10-8-14)12-29-20(11-18(23(24,25)26)21(27)22(29)30)17-13-28(2)19-6-4-3-5-16(17)19/h3-11,13H,12,27H2,1-2H3. The van der Waals surface area contributed by atoms with E-state index in [-0.39, 0.29) is 12.2 Å². The summed E-state index contributed by atoms with van der Waals surface area (Å²) in [6, 6.07) is 15.8. The molecular weight excluding hydrogens is 391 g/mol. The van der Waals surface area contributed by atoms with Gasteiger partial charge in [0.05, 0.1) is 17.8 Å². The van der Waals surface area contributed by atoms with Gasteiger partial charge in [-0.1, -0.05) is 48.0 Å². The molecule has 0 unspecified atom stereocenters. The second-order valence-electron chi connectivity index (χ2n) is 7.40. The summed E-state index contributed by atoms with van der Waals surface area (Å²) in [6.45, 7) is 2.05. The van der Waals surface area contributed by atoms with E-state index in [0.29, 0.717) is 5.56 Å². The van der Waals surface area contributed by atoms with Gasteiger partial charge in [0.15, 0.2) is 0 Å². The normalized spacial score (nSPS) is 11.9. The zero-order valence-electron chi connectivity index (χ0n) is 16.5. The van der Waals surface area contributed by atoms with Crippen LogP contribution in [0.4, 0.5) is 18.9 Å². The number of pyridine rings is 1. The summed E-state index contributed by atoms with van der Waals surface area (Å²) in [5, 5.41) is 0.759. The predicted octanol–water partition coefficient (Wildman–Crippen LogP) is 4.96. The maximum atomic E-state index is 13.6. The highest BCUT2D eigenvalue weighted by atomic mass is 19.4. The third-order valence-electron chi connectivity index (χ3n) is 5.28. The number of nitrogen functional groups attached to an aromatic ring is 1. The first kappa shape index (κ1) is 19.8. The van der Waals surface area contributed by atoms with Crippen molar-refractivity contribution in [3.8, 4) is 11.3 Å². The lowest BCUT2D eigenvalue weighted by molar-refractivity contribution is -0.137. The summed E-state index contributed by atoms with van der Waals surface area (Å²) >= 11 is 0. The monoisotopic (exact) mass is 411 g/mol. The fraction of sp³-hybridized carbons (Fsp3) is 0.174. The lowest BCUT2D eigenvalue weighted by Gasteiger charge is -2.18. The molecule has 0 amide bonds. The van der Waals surface area contributed by atoms with Crippen molar-refractivity contribution in [3.05, 3.63) is 87.8 Å². The Balaban J connectivity index is 2.02. The second-order valence-corrected chi connectivity index (χ2v) is 7.40. The molecule has 2 heterocycles. The van der Waals surface area contributed by atoms with E-state index in [1.807, 2.05) is 67.1 Å². The van der Waals surface area contributed by atoms with Gasteiger partial charge in [0.25, 0.3) is 5.56 Å². The van der Waals surface area contributed by atoms with E-state index in [2.05, 4.69) is 0 Å². The van der Waals surface area contributed by atoms with Gasteiger partial charge in [-0.15, -0.1) is 0 Å². The molecule has 0 aliphatic rings. The smallest absolute Gasteiger partial charge is 0.394 e. The van der Waals surface area contributed by atoms with Gasteiger partial charge in [0.2, 0.25) is 0 Å². The number of fused-ring (bicyclic) bond motifs is 1. The van der Waals surface area contributed by atoms with Gasteiger partial charge in [0.1, 0.15) is 5.69 Å². The molecule has 154 valence electrons. The summed E-state index contributed by atoms with van der Waals surface area (Å²) in [5.41, 5.74) is 6.31. The molecule has 0 bridgehead atoms. The molecule has 4 nitrogen and oxygen atoms in total. The zero-order valence-corrected chi connectivity index (χ0v) is 16.5. The Hall–Kier alpha value is -3.48. The zero-order chi connectivity index (χ0) is 21.6. The molecule has 2 aromatic heterocycles. The van der Waals surface area contributed by atoms with Gasteiger partial charge in [-0.05, 0) is 24.6 Å². The van der Waals surface area contributed by atoms with Crippen LogP contribution in [0, 0.1) is 6.92 Å². The molecule has 7 heteroatoms. The van der Waals surface area contributed by atoms with Crippen LogP contribution >= 0.6 is 0 Å². The van der Waals surface area contributed by atoms with E-state index >= 15 is 0 Å². The first-order chi connectivity index (χ1) is 14.2. The summed E-state index contributed by atoms with van der Waals surface area (Å²) in [7, 11) is 1.82. The molecular formula is C23H20F3N3O. The number of hydrogen-bond donors (Lipinski definition) is 1. The SMILES string of the molecule is Cc1ccc(Cn2c(-c3cn(C)c4ccccc34)cc(C(F)(F)F)c(N)c2=O)cc1. The number of alkyl halides is 3. The van der Waals surface area contributed by atoms with E-state index in [4.69, 9.17) is 5.73 Å². The topological polar surface area (TPSA) is 52.9 Å². The summed E-state index contributed by atoms with van der Waals surface area (Å²) < 4.78 is 44.0. The molecule has 4 rings (SSSR count). The lowest BCUT2D eigenvalue weighted by atomic mass is 10.0. The van der Waals surface area contributed by atoms with Crippen molar-refractivity contribution in [3.63, 3.8) is 0 Å². The van der Waals surface area contributed by atoms with Crippen LogP contribution in [-0.2, 0) is 19.8 Å². The van der Waals surface area contributed by atoms with Crippen molar-refractivity contribution < 1.29 is 13.2 Å². The summed E-state index contributed by atoms with van der Waals surface area (Å²) in [6.07, 6.45) is -2.99. The minimum absolute atomic E-state index is 0.111. The first-order valence-electron chi connectivity index (χ1n) is 9.37. The fourth-order valence-electron chi connectivity index (χ4n) is 3.70. The van der Waals surface area contributed by atoms with Crippen molar-refractivity contribution in [2.45, 2.75) is 19.6 Å². The number of rotatable bonds is 3. The molecule has 2 N–H and O–H groups in total. The van der Waals surface area contributed by atoms with Crippen LogP contribution in [0.1, 0.15) is 16.7 Å². The van der Waals surface area contributed by atoms with Crippen LogP contribution in [0.3, 0.4) is 0 Å². The van der Waals surface area contributed by atoms with Crippen LogP contribution in [0.15, 0.2) is 65.6 Å². The summed E-state index contributed by atoms with van der Waals surface area (Å²) in [5.74, 6) is 0. The number of halogens is 3. The third-order valence-corrected chi connectivity index (χ3v) is 5.28. The largest absolute Gasteiger partial charge is 0.418 e. The van der Waals surface area contributed by atoms with E-state index in [0.717, 1.165) is 28.1 Å². The number of benzene rings is 2. The van der Waals surface area contributed by atoms with Crippen LogP contribution < -0.4 is 11.3 Å². The Morgan fingerprint density at radius 2 is 1.70 bits per heavy atom. The predicted molar refractivity (Wildman–Crippen MR) is 112 cm³/mol. The lowest BCUT2D eigenvalue weighted by Crippen LogP contribution is -2.28. The molecule has 0 spiro atoms. The highest BCUT2D eigenvalue weighted by molar-refractivity contribution is 5.95. The average Bonchev–Trinajstić information content (AvgIpc) is 3.03. The van der Waals surface area contributed by atoms with Gasteiger partial charge in [-0.2, -0.15) is 13.2 Å². The van der Waals surface area contributed by atoms with Crippen LogP contribution in [0.2, 0.25) is 0 Å². The number of para-hydroxylation sites is 1. The van der Waals surface area contributed by atoms with Crippen LogP contribution in [-0.4, -0.2) is 9.13 Å². The maximum Gasteiger partial charge on any atom is 0.418 e. The Bertz CT molecular complexity index is 1300. The van der Waals surface area contributed by atoms with Crippen molar-refractivity contribution in [2.24, 2.45) is 7.05 Å². The number of nitrogens with zero attached hydrogens (tertiary/aromatic N) is 2. The highest BCUT2D eigenvalue weighted by Crippen LogP contribution is 2.37. The van der Waals surface area contributed by atoms with Crippen LogP contribution in [0.5, 0.6) is 0 Å².